The van der Waals surface area contributed by atoms with Crippen LogP contribution in [0.2, 0.25) is 0 Å². The van der Waals surface area contributed by atoms with Gasteiger partial charge in [0.1, 0.15) is 11.3 Å². The predicted octanol–water partition coefficient (Wildman–Crippen LogP) is 3.90. The number of thioether (sulfide) groups is 1. The normalized spacial score (nSPS) is 14.3. The molecule has 0 saturated carbocycles. The van der Waals surface area contributed by atoms with E-state index in [0.717, 1.165) is 58.9 Å². The zero-order chi connectivity index (χ0) is 21.1. The summed E-state index contributed by atoms with van der Waals surface area (Å²) < 4.78 is 11.4. The fraction of sp³-hybridized carbons (Fsp3) is 0.348. The summed E-state index contributed by atoms with van der Waals surface area (Å²) in [6, 6.07) is 11.3. The van der Waals surface area contributed by atoms with Crippen molar-refractivity contribution in [3.63, 3.8) is 0 Å². The van der Waals surface area contributed by atoms with Gasteiger partial charge in [-0.25, -0.2) is 0 Å². The van der Waals surface area contributed by atoms with Gasteiger partial charge in [0, 0.05) is 43.5 Å². The standard InChI is InChI=1S/C23H26N2O4S/c1-28-20-14-16(5-6-18(20)26)22-23(30-2)17-13-15(3-7-19(17)29-22)4-8-21(27)25-11-9-24-10-12-25/h3,5-7,13-14,24,26H,4,8-12H2,1-2H3. The Kier molecular flexibility index (Phi) is 6.20. The molecule has 0 unspecified atom stereocenters. The highest BCUT2D eigenvalue weighted by Crippen LogP contribution is 2.42. The van der Waals surface area contributed by atoms with Crippen LogP contribution in [0, 0.1) is 0 Å². The maximum Gasteiger partial charge on any atom is 0.222 e. The van der Waals surface area contributed by atoms with E-state index in [1.54, 1.807) is 23.9 Å². The zero-order valence-electron chi connectivity index (χ0n) is 17.2. The number of aryl methyl sites for hydroxylation is 1. The number of nitrogens with one attached hydrogen (secondary N) is 1. The van der Waals surface area contributed by atoms with E-state index in [1.807, 2.05) is 29.4 Å². The van der Waals surface area contributed by atoms with Crippen LogP contribution < -0.4 is 10.1 Å². The second-order valence-corrected chi connectivity index (χ2v) is 8.13. The fourth-order valence-electron chi connectivity index (χ4n) is 3.81. The van der Waals surface area contributed by atoms with Gasteiger partial charge >= 0.3 is 0 Å². The molecule has 1 fully saturated rings. The van der Waals surface area contributed by atoms with Gasteiger partial charge in [-0.3, -0.25) is 4.79 Å². The summed E-state index contributed by atoms with van der Waals surface area (Å²) in [6.07, 6.45) is 3.24. The number of nitrogens with zero attached hydrogens (tertiary/aromatic N) is 1. The van der Waals surface area contributed by atoms with Crippen LogP contribution in [0.5, 0.6) is 11.5 Å². The number of rotatable bonds is 6. The highest BCUT2D eigenvalue weighted by molar-refractivity contribution is 7.99. The second-order valence-electron chi connectivity index (χ2n) is 7.31. The van der Waals surface area contributed by atoms with Gasteiger partial charge < -0.3 is 24.5 Å². The minimum atomic E-state index is 0.0968. The van der Waals surface area contributed by atoms with Crippen LogP contribution >= 0.6 is 11.8 Å². The van der Waals surface area contributed by atoms with Gasteiger partial charge in [0.2, 0.25) is 5.91 Å². The Hall–Kier alpha value is -2.64. The number of benzene rings is 2. The molecule has 4 rings (SSSR count). The van der Waals surface area contributed by atoms with Crippen LogP contribution in [0.25, 0.3) is 22.3 Å². The molecular formula is C23H26N2O4S. The summed E-state index contributed by atoms with van der Waals surface area (Å²) in [5.41, 5.74) is 2.77. The Bertz CT molecular complexity index is 1060. The van der Waals surface area contributed by atoms with E-state index in [-0.39, 0.29) is 11.7 Å². The number of phenols is 1. The Morgan fingerprint density at radius 3 is 2.77 bits per heavy atom. The van der Waals surface area contributed by atoms with Gasteiger partial charge in [-0.2, -0.15) is 0 Å². The monoisotopic (exact) mass is 426 g/mol. The number of carbonyl (C=O) groups is 1. The summed E-state index contributed by atoms with van der Waals surface area (Å²) in [4.78, 5) is 15.5. The molecule has 0 aliphatic carbocycles. The van der Waals surface area contributed by atoms with E-state index < -0.39 is 0 Å². The fourth-order valence-corrected chi connectivity index (χ4v) is 4.54. The van der Waals surface area contributed by atoms with Crippen LogP contribution in [0.3, 0.4) is 0 Å². The van der Waals surface area contributed by atoms with E-state index in [0.29, 0.717) is 18.6 Å². The maximum atomic E-state index is 12.5. The first-order chi connectivity index (χ1) is 14.6. The van der Waals surface area contributed by atoms with Gasteiger partial charge in [0.05, 0.1) is 12.0 Å². The van der Waals surface area contributed by atoms with Gasteiger partial charge in [-0.15, -0.1) is 11.8 Å². The molecular weight excluding hydrogens is 400 g/mol. The number of ether oxygens (including phenoxy) is 1. The lowest BCUT2D eigenvalue weighted by atomic mass is 10.1. The van der Waals surface area contributed by atoms with Crippen LogP contribution in [-0.2, 0) is 11.2 Å². The third-order valence-corrected chi connectivity index (χ3v) is 6.26. The molecule has 2 aromatic carbocycles. The van der Waals surface area contributed by atoms with Crippen molar-refractivity contribution in [1.29, 1.82) is 0 Å². The van der Waals surface area contributed by atoms with E-state index >= 15 is 0 Å². The maximum absolute atomic E-state index is 12.5. The molecule has 0 spiro atoms. The number of hydrogen-bond donors (Lipinski definition) is 2. The minimum Gasteiger partial charge on any atom is -0.504 e. The summed E-state index contributed by atoms with van der Waals surface area (Å²) in [6.45, 7) is 3.31. The molecule has 7 heteroatoms. The first-order valence-electron chi connectivity index (χ1n) is 10.1. The van der Waals surface area contributed by atoms with Gasteiger partial charge in [-0.1, -0.05) is 6.07 Å². The third kappa shape index (κ3) is 4.13. The first-order valence-corrected chi connectivity index (χ1v) is 11.3. The molecule has 0 bridgehead atoms. The molecule has 1 amide bonds. The molecule has 0 atom stereocenters. The number of amides is 1. The summed E-state index contributed by atoms with van der Waals surface area (Å²) in [7, 11) is 1.53. The van der Waals surface area contributed by atoms with Crippen molar-refractivity contribution in [2.24, 2.45) is 0 Å². The number of piperazine rings is 1. The van der Waals surface area contributed by atoms with Gasteiger partial charge in [0.15, 0.2) is 11.5 Å². The molecule has 2 N–H and O–H groups in total. The molecule has 1 aromatic heterocycles. The number of methoxy groups -OCH3 is 1. The highest BCUT2D eigenvalue weighted by Gasteiger charge is 2.19. The number of aromatic hydroxyl groups is 1. The Morgan fingerprint density at radius 1 is 1.23 bits per heavy atom. The number of carbonyl (C=O) groups excluding carboxylic acids is 1. The average Bonchev–Trinajstić information content (AvgIpc) is 3.16. The Labute approximate surface area is 180 Å². The molecule has 1 aliphatic rings. The van der Waals surface area contributed by atoms with Crippen LogP contribution in [0.1, 0.15) is 12.0 Å². The molecule has 1 saturated heterocycles. The SMILES string of the molecule is COc1cc(-c2oc3ccc(CCC(=O)N4CCNCC4)cc3c2SC)ccc1O. The van der Waals surface area contributed by atoms with E-state index in [2.05, 4.69) is 11.4 Å². The Balaban J connectivity index is 1.59. The van der Waals surface area contributed by atoms with E-state index in [1.165, 1.54) is 7.11 Å². The lowest BCUT2D eigenvalue weighted by Crippen LogP contribution is -2.46. The van der Waals surface area contributed by atoms with Crippen molar-refractivity contribution in [1.82, 2.24) is 10.2 Å². The minimum absolute atomic E-state index is 0.0968. The second kappa shape index (κ2) is 9.02. The lowest BCUT2D eigenvalue weighted by molar-refractivity contribution is -0.131. The topological polar surface area (TPSA) is 74.9 Å². The molecule has 3 aromatic rings. The zero-order valence-corrected chi connectivity index (χ0v) is 18.1. The highest BCUT2D eigenvalue weighted by atomic mass is 32.2. The summed E-state index contributed by atoms with van der Waals surface area (Å²) in [5.74, 6) is 1.47. The number of furan rings is 1. The van der Waals surface area contributed by atoms with Gasteiger partial charge in [-0.05, 0) is 48.6 Å². The van der Waals surface area contributed by atoms with Crippen molar-refractivity contribution < 1.29 is 19.1 Å². The van der Waals surface area contributed by atoms with E-state index in [4.69, 9.17) is 9.15 Å². The average molecular weight is 427 g/mol. The number of fused-ring (bicyclic) bond motifs is 1. The number of hydrogen-bond acceptors (Lipinski definition) is 6. The van der Waals surface area contributed by atoms with Crippen LogP contribution in [-0.4, -0.2) is 55.5 Å². The predicted molar refractivity (Wildman–Crippen MR) is 119 cm³/mol. The number of phenolic OH excluding ortho intramolecular Hbond substituents is 1. The largest absolute Gasteiger partial charge is 0.504 e. The molecule has 1 aliphatic heterocycles. The molecule has 158 valence electrons. The lowest BCUT2D eigenvalue weighted by Gasteiger charge is -2.27. The molecule has 0 radical (unpaired) electrons. The van der Waals surface area contributed by atoms with Crippen molar-refractivity contribution >= 4 is 28.6 Å². The molecule has 30 heavy (non-hydrogen) atoms. The smallest absolute Gasteiger partial charge is 0.222 e. The Morgan fingerprint density at radius 2 is 2.03 bits per heavy atom. The molecule has 2 heterocycles. The van der Waals surface area contributed by atoms with Crippen LogP contribution in [0.15, 0.2) is 45.7 Å². The summed E-state index contributed by atoms with van der Waals surface area (Å²) in [5, 5.41) is 14.2. The van der Waals surface area contributed by atoms with Crippen molar-refractivity contribution in [3.05, 3.63) is 42.0 Å². The summed E-state index contributed by atoms with van der Waals surface area (Å²) >= 11 is 1.62. The van der Waals surface area contributed by atoms with Crippen molar-refractivity contribution in [3.8, 4) is 22.8 Å². The first kappa shape index (κ1) is 20.6. The van der Waals surface area contributed by atoms with Gasteiger partial charge in [0.25, 0.3) is 0 Å². The third-order valence-electron chi connectivity index (χ3n) is 5.45. The van der Waals surface area contributed by atoms with Crippen molar-refractivity contribution in [2.75, 3.05) is 39.5 Å². The molecule has 6 nitrogen and oxygen atoms in total. The van der Waals surface area contributed by atoms with E-state index in [9.17, 15) is 9.90 Å². The van der Waals surface area contributed by atoms with Crippen LogP contribution in [0.4, 0.5) is 0 Å². The van der Waals surface area contributed by atoms with Crippen molar-refractivity contribution in [2.45, 2.75) is 17.7 Å². The quantitative estimate of drug-likeness (QED) is 0.583.